The number of hydrogen-bond donors (Lipinski definition) is 2. The summed E-state index contributed by atoms with van der Waals surface area (Å²) in [7, 11) is 0. The van der Waals surface area contributed by atoms with E-state index in [0.29, 0.717) is 0 Å². The molecule has 0 aliphatic rings. The Hall–Kier alpha value is -1.78. The third-order valence-corrected chi connectivity index (χ3v) is 5.02. The Morgan fingerprint density at radius 2 is 1.83 bits per heavy atom. The molecule has 1 amide bonds. The quantitative estimate of drug-likeness (QED) is 0.542. The van der Waals surface area contributed by atoms with Crippen molar-refractivity contribution >= 4 is 23.4 Å². The number of anilines is 1. The maximum atomic E-state index is 12.2. The van der Waals surface area contributed by atoms with Gasteiger partial charge in [0.15, 0.2) is 6.04 Å². The van der Waals surface area contributed by atoms with E-state index < -0.39 is 0 Å². The van der Waals surface area contributed by atoms with Crippen molar-refractivity contribution in [1.29, 1.82) is 0 Å². The van der Waals surface area contributed by atoms with E-state index in [-0.39, 0.29) is 11.9 Å². The van der Waals surface area contributed by atoms with Crippen molar-refractivity contribution in [3.8, 4) is 0 Å². The first-order chi connectivity index (χ1) is 11.7. The van der Waals surface area contributed by atoms with E-state index >= 15 is 0 Å². The van der Waals surface area contributed by atoms with E-state index in [1.165, 1.54) is 10.5 Å². The molecule has 2 aromatic rings. The monoisotopic (exact) mass is 343 g/mol. The number of rotatable bonds is 9. The van der Waals surface area contributed by atoms with Crippen LogP contribution in [0.15, 0.2) is 59.5 Å². The third kappa shape index (κ3) is 6.38. The van der Waals surface area contributed by atoms with Crippen LogP contribution in [0.1, 0.15) is 25.8 Å². The largest absolute Gasteiger partial charge is 0.336 e. The number of carbonyl (C=O) groups excluding carboxylic acids is 1. The lowest BCUT2D eigenvalue weighted by molar-refractivity contribution is -0.672. The molecular weight excluding hydrogens is 316 g/mol. The predicted octanol–water partition coefficient (Wildman–Crippen LogP) is 3.32. The molecule has 24 heavy (non-hydrogen) atoms. The Morgan fingerprint density at radius 1 is 1.12 bits per heavy atom. The minimum atomic E-state index is -0.0717. The van der Waals surface area contributed by atoms with E-state index in [1.807, 2.05) is 36.9 Å². The van der Waals surface area contributed by atoms with Gasteiger partial charge in [-0.2, -0.15) is 0 Å². The summed E-state index contributed by atoms with van der Waals surface area (Å²) in [6.07, 6.45) is 2.10. The second-order valence-electron chi connectivity index (χ2n) is 5.87. The lowest BCUT2D eigenvalue weighted by Gasteiger charge is -2.11. The van der Waals surface area contributed by atoms with Crippen LogP contribution in [0, 0.1) is 0 Å². The van der Waals surface area contributed by atoms with Gasteiger partial charge in [-0.25, -0.2) is 0 Å². The summed E-state index contributed by atoms with van der Waals surface area (Å²) in [6, 6.07) is 18.4. The summed E-state index contributed by atoms with van der Waals surface area (Å²) >= 11 is 1.87. The summed E-state index contributed by atoms with van der Waals surface area (Å²) in [5.41, 5.74) is 2.15. The van der Waals surface area contributed by atoms with Crippen LogP contribution in [-0.4, -0.2) is 24.2 Å². The minimum absolute atomic E-state index is 0.0648. The lowest BCUT2D eigenvalue weighted by atomic mass is 10.1. The number of amides is 1. The van der Waals surface area contributed by atoms with Gasteiger partial charge in [-0.1, -0.05) is 37.3 Å². The van der Waals surface area contributed by atoms with Gasteiger partial charge < -0.3 is 10.6 Å². The molecule has 1 atom stereocenters. The highest BCUT2D eigenvalue weighted by Gasteiger charge is 2.15. The Balaban J connectivity index is 1.64. The van der Waals surface area contributed by atoms with Crippen LogP contribution in [0.25, 0.3) is 0 Å². The second-order valence-corrected chi connectivity index (χ2v) is 7.04. The number of nitrogens with two attached hydrogens (primary N) is 1. The average Bonchev–Trinajstić information content (AvgIpc) is 2.62. The molecule has 0 fully saturated rings. The van der Waals surface area contributed by atoms with Gasteiger partial charge in [0, 0.05) is 22.8 Å². The van der Waals surface area contributed by atoms with Gasteiger partial charge in [0.2, 0.25) is 0 Å². The maximum absolute atomic E-state index is 12.2. The zero-order chi connectivity index (χ0) is 17.2. The van der Waals surface area contributed by atoms with Gasteiger partial charge in [0.25, 0.3) is 5.91 Å². The first-order valence-electron chi connectivity index (χ1n) is 8.60. The summed E-state index contributed by atoms with van der Waals surface area (Å²) in [5, 5.41) is 5.10. The minimum Gasteiger partial charge on any atom is -0.336 e. The van der Waals surface area contributed by atoms with Crippen LogP contribution < -0.4 is 10.6 Å². The van der Waals surface area contributed by atoms with Gasteiger partial charge in [0.05, 0.1) is 6.54 Å². The SMILES string of the molecule is CCc1ccc(NC(=O)[C@@H](C)[NH2+]CCCSc2ccccc2)cc1. The molecule has 0 saturated carbocycles. The number of hydrogen-bond acceptors (Lipinski definition) is 2. The van der Waals surface area contributed by atoms with Crippen molar-refractivity contribution < 1.29 is 10.1 Å². The topological polar surface area (TPSA) is 45.7 Å². The average molecular weight is 344 g/mol. The molecule has 0 spiro atoms. The van der Waals surface area contributed by atoms with Gasteiger partial charge in [-0.05, 0) is 43.2 Å². The van der Waals surface area contributed by atoms with Crippen LogP contribution in [0.2, 0.25) is 0 Å². The first kappa shape index (κ1) is 18.6. The number of carbonyl (C=O) groups is 1. The van der Waals surface area contributed by atoms with E-state index in [0.717, 1.165) is 30.8 Å². The lowest BCUT2D eigenvalue weighted by Crippen LogP contribution is -2.91. The fraction of sp³-hybridized carbons (Fsp3) is 0.350. The van der Waals surface area contributed by atoms with Crippen molar-refractivity contribution in [1.82, 2.24) is 0 Å². The van der Waals surface area contributed by atoms with Crippen molar-refractivity contribution in [3.63, 3.8) is 0 Å². The number of nitrogens with one attached hydrogen (secondary N) is 1. The molecule has 4 heteroatoms. The zero-order valence-corrected chi connectivity index (χ0v) is 15.3. The molecule has 0 unspecified atom stereocenters. The molecule has 0 heterocycles. The summed E-state index contributed by atoms with van der Waals surface area (Å²) in [4.78, 5) is 13.5. The Bertz CT molecular complexity index is 613. The van der Waals surface area contributed by atoms with E-state index in [2.05, 4.69) is 54.0 Å². The van der Waals surface area contributed by atoms with Gasteiger partial charge >= 0.3 is 0 Å². The highest BCUT2D eigenvalue weighted by atomic mass is 32.2. The zero-order valence-electron chi connectivity index (χ0n) is 14.5. The second kappa shape index (κ2) is 10.2. The predicted molar refractivity (Wildman–Crippen MR) is 102 cm³/mol. The van der Waals surface area contributed by atoms with Crippen LogP contribution in [0.4, 0.5) is 5.69 Å². The molecule has 128 valence electrons. The van der Waals surface area contributed by atoms with E-state index in [4.69, 9.17) is 0 Å². The smallest absolute Gasteiger partial charge is 0.282 e. The van der Waals surface area contributed by atoms with Crippen LogP contribution in [0.5, 0.6) is 0 Å². The van der Waals surface area contributed by atoms with Crippen molar-refractivity contribution in [3.05, 3.63) is 60.2 Å². The number of aryl methyl sites for hydroxylation is 1. The molecule has 0 bridgehead atoms. The molecule has 2 aromatic carbocycles. The van der Waals surface area contributed by atoms with E-state index in [9.17, 15) is 4.79 Å². The standard InChI is InChI=1S/C20H26N2OS/c1-3-17-10-12-18(13-11-17)22-20(23)16(2)21-14-7-15-24-19-8-5-4-6-9-19/h4-6,8-13,16,21H,3,7,14-15H2,1-2H3,(H,22,23)/p+1/t16-/m1/s1. The molecule has 0 aliphatic carbocycles. The van der Waals surface area contributed by atoms with Gasteiger partial charge in [-0.15, -0.1) is 11.8 Å². The highest BCUT2D eigenvalue weighted by Crippen LogP contribution is 2.17. The summed E-state index contributed by atoms with van der Waals surface area (Å²) in [6.45, 7) is 5.05. The molecular formula is C20H27N2OS+. The fourth-order valence-electron chi connectivity index (χ4n) is 2.34. The van der Waals surface area contributed by atoms with Crippen LogP contribution in [0.3, 0.4) is 0 Å². The molecule has 0 saturated heterocycles. The number of thioether (sulfide) groups is 1. The highest BCUT2D eigenvalue weighted by molar-refractivity contribution is 7.99. The van der Waals surface area contributed by atoms with Gasteiger partial charge in [0.1, 0.15) is 0 Å². The Kier molecular flexibility index (Phi) is 7.86. The Morgan fingerprint density at radius 3 is 2.50 bits per heavy atom. The fourth-order valence-corrected chi connectivity index (χ4v) is 3.24. The Labute approximate surface area is 149 Å². The normalized spacial score (nSPS) is 11.9. The number of benzene rings is 2. The molecule has 3 nitrogen and oxygen atoms in total. The molecule has 2 rings (SSSR count). The van der Waals surface area contributed by atoms with Crippen molar-refractivity contribution in [2.24, 2.45) is 0 Å². The number of quaternary nitrogens is 1. The van der Waals surface area contributed by atoms with Crippen molar-refractivity contribution in [2.45, 2.75) is 37.6 Å². The van der Waals surface area contributed by atoms with Crippen LogP contribution >= 0.6 is 11.8 Å². The van der Waals surface area contributed by atoms with Gasteiger partial charge in [-0.3, -0.25) is 4.79 Å². The van der Waals surface area contributed by atoms with Crippen molar-refractivity contribution in [2.75, 3.05) is 17.6 Å². The molecule has 0 aromatic heterocycles. The summed E-state index contributed by atoms with van der Waals surface area (Å²) in [5.74, 6) is 1.14. The summed E-state index contributed by atoms with van der Waals surface area (Å²) < 4.78 is 0. The van der Waals surface area contributed by atoms with Crippen LogP contribution in [-0.2, 0) is 11.2 Å². The van der Waals surface area contributed by atoms with E-state index in [1.54, 1.807) is 0 Å². The molecule has 0 aliphatic heterocycles. The first-order valence-corrected chi connectivity index (χ1v) is 9.58. The maximum Gasteiger partial charge on any atom is 0.282 e. The molecule has 3 N–H and O–H groups in total. The third-order valence-electron chi connectivity index (χ3n) is 3.92. The molecule has 0 radical (unpaired) electrons.